The minimum Gasteiger partial charge on any atom is -0.392 e. The summed E-state index contributed by atoms with van der Waals surface area (Å²) in [6, 6.07) is 5.11. The number of aliphatic hydroxyl groups is 2. The molecule has 0 unspecified atom stereocenters. The zero-order valence-electron chi connectivity index (χ0n) is 6.92. The van der Waals surface area contributed by atoms with Crippen LogP contribution in [0.2, 0.25) is 5.02 Å². The van der Waals surface area contributed by atoms with Crippen LogP contribution in [0.5, 0.6) is 0 Å². The number of rotatable bonds is 1. The molecule has 1 aromatic rings. The van der Waals surface area contributed by atoms with Gasteiger partial charge in [0.1, 0.15) is 6.61 Å². The van der Waals surface area contributed by atoms with Crippen molar-refractivity contribution in [2.24, 2.45) is 0 Å². The van der Waals surface area contributed by atoms with E-state index in [0.717, 1.165) is 5.56 Å². The predicted octanol–water partition coefficient (Wildman–Crippen LogP) is 1.18. The van der Waals surface area contributed by atoms with Crippen LogP contribution in [0.4, 0.5) is 0 Å². The molecule has 2 N–H and O–H groups in total. The second-order valence-corrected chi connectivity index (χ2v) is 2.83. The summed E-state index contributed by atoms with van der Waals surface area (Å²) in [6.45, 7) is -0.273. The fourth-order valence-corrected chi connectivity index (χ4v) is 1.09. The van der Waals surface area contributed by atoms with Crippen LogP contribution >= 0.6 is 11.6 Å². The number of benzene rings is 1. The Kier molecular flexibility index (Phi) is 3.78. The lowest BCUT2D eigenvalue weighted by molar-refractivity contribution is 0.282. The van der Waals surface area contributed by atoms with Crippen LogP contribution in [0.15, 0.2) is 18.2 Å². The van der Waals surface area contributed by atoms with E-state index in [0.29, 0.717) is 10.6 Å². The molecule has 68 valence electrons. The molecule has 0 fully saturated rings. The zero-order valence-corrected chi connectivity index (χ0v) is 7.67. The highest BCUT2D eigenvalue weighted by Crippen LogP contribution is 2.16. The van der Waals surface area contributed by atoms with Gasteiger partial charge < -0.3 is 10.2 Å². The number of hydrogen-bond donors (Lipinski definition) is 2. The summed E-state index contributed by atoms with van der Waals surface area (Å²) in [6.07, 6.45) is 0. The Morgan fingerprint density at radius 2 is 2.08 bits per heavy atom. The Labute approximate surface area is 81.8 Å². The van der Waals surface area contributed by atoms with Gasteiger partial charge in [0, 0.05) is 10.6 Å². The van der Waals surface area contributed by atoms with Gasteiger partial charge in [0.15, 0.2) is 0 Å². The van der Waals surface area contributed by atoms with Crippen molar-refractivity contribution in [3.8, 4) is 11.8 Å². The van der Waals surface area contributed by atoms with Gasteiger partial charge in [-0.1, -0.05) is 23.4 Å². The minimum atomic E-state index is -0.170. The van der Waals surface area contributed by atoms with Gasteiger partial charge in [-0.05, 0) is 23.8 Å². The van der Waals surface area contributed by atoms with E-state index in [9.17, 15) is 0 Å². The molecule has 0 heterocycles. The highest BCUT2D eigenvalue weighted by atomic mass is 35.5. The van der Waals surface area contributed by atoms with Crippen molar-refractivity contribution in [3.05, 3.63) is 34.3 Å². The Balaban J connectivity index is 2.99. The van der Waals surface area contributed by atoms with Crippen molar-refractivity contribution < 1.29 is 10.2 Å². The van der Waals surface area contributed by atoms with E-state index < -0.39 is 0 Å². The Bertz CT molecular complexity index is 350. The third kappa shape index (κ3) is 2.74. The first-order valence-electron chi connectivity index (χ1n) is 3.77. The lowest BCUT2D eigenvalue weighted by Crippen LogP contribution is -1.86. The second-order valence-electron chi connectivity index (χ2n) is 2.42. The van der Waals surface area contributed by atoms with Gasteiger partial charge in [0.2, 0.25) is 0 Å². The van der Waals surface area contributed by atoms with Crippen molar-refractivity contribution in [2.45, 2.75) is 6.61 Å². The van der Waals surface area contributed by atoms with Gasteiger partial charge in [0.25, 0.3) is 0 Å². The van der Waals surface area contributed by atoms with Crippen molar-refractivity contribution in [1.82, 2.24) is 0 Å². The van der Waals surface area contributed by atoms with E-state index >= 15 is 0 Å². The molecule has 1 aromatic carbocycles. The van der Waals surface area contributed by atoms with E-state index in [1.807, 2.05) is 0 Å². The molecule has 2 nitrogen and oxygen atoms in total. The van der Waals surface area contributed by atoms with Gasteiger partial charge in [-0.15, -0.1) is 0 Å². The molecule has 0 amide bonds. The lowest BCUT2D eigenvalue weighted by atomic mass is 10.1. The van der Waals surface area contributed by atoms with Crippen LogP contribution < -0.4 is 0 Å². The maximum absolute atomic E-state index is 8.89. The normalized spacial score (nSPS) is 9.15. The average Bonchev–Trinajstić information content (AvgIpc) is 2.16. The van der Waals surface area contributed by atoms with Crippen molar-refractivity contribution in [2.75, 3.05) is 6.61 Å². The SMILES string of the molecule is OCC#Cc1ccc(Cl)c(CO)c1. The van der Waals surface area contributed by atoms with E-state index in [1.54, 1.807) is 18.2 Å². The molecule has 1 rings (SSSR count). The summed E-state index contributed by atoms with van der Waals surface area (Å²) in [4.78, 5) is 0. The van der Waals surface area contributed by atoms with Gasteiger partial charge in [-0.2, -0.15) is 0 Å². The van der Waals surface area contributed by atoms with Crippen LogP contribution in [0.3, 0.4) is 0 Å². The summed E-state index contributed by atoms with van der Waals surface area (Å²) in [7, 11) is 0. The Hall–Kier alpha value is -1.01. The largest absolute Gasteiger partial charge is 0.392 e. The molecule has 3 heteroatoms. The summed E-state index contributed by atoms with van der Waals surface area (Å²) >= 11 is 5.77. The summed E-state index contributed by atoms with van der Waals surface area (Å²) in [5.41, 5.74) is 1.38. The van der Waals surface area contributed by atoms with E-state index in [2.05, 4.69) is 11.8 Å². The first-order chi connectivity index (χ1) is 6.27. The van der Waals surface area contributed by atoms with Crippen molar-refractivity contribution >= 4 is 11.6 Å². The van der Waals surface area contributed by atoms with Crippen molar-refractivity contribution in [1.29, 1.82) is 0 Å². The van der Waals surface area contributed by atoms with Crippen LogP contribution in [0, 0.1) is 11.8 Å². The fourth-order valence-electron chi connectivity index (χ4n) is 0.915. The predicted molar refractivity (Wildman–Crippen MR) is 51.3 cm³/mol. The molecule has 0 atom stereocenters. The third-order valence-corrected chi connectivity index (χ3v) is 1.90. The molecule has 0 radical (unpaired) electrons. The molecule has 0 aliphatic rings. The van der Waals surface area contributed by atoms with Crippen LogP contribution in [0.1, 0.15) is 11.1 Å². The third-order valence-electron chi connectivity index (χ3n) is 1.53. The van der Waals surface area contributed by atoms with Gasteiger partial charge in [-0.3, -0.25) is 0 Å². The molecule has 13 heavy (non-hydrogen) atoms. The first kappa shape index (κ1) is 10.1. The topological polar surface area (TPSA) is 40.5 Å². The van der Waals surface area contributed by atoms with Crippen LogP contribution in [-0.2, 0) is 6.61 Å². The second kappa shape index (κ2) is 4.88. The highest BCUT2D eigenvalue weighted by Gasteiger charge is 1.98. The molecule has 0 aliphatic heterocycles. The van der Waals surface area contributed by atoms with Gasteiger partial charge >= 0.3 is 0 Å². The molecule has 0 bridgehead atoms. The molecule has 0 saturated heterocycles. The first-order valence-corrected chi connectivity index (χ1v) is 4.14. The summed E-state index contributed by atoms with van der Waals surface area (Å²) in [5.74, 6) is 5.24. The van der Waals surface area contributed by atoms with Crippen LogP contribution in [-0.4, -0.2) is 16.8 Å². The molecule has 0 saturated carbocycles. The number of hydrogen-bond acceptors (Lipinski definition) is 2. The number of halogens is 1. The summed E-state index contributed by atoms with van der Waals surface area (Å²) in [5, 5.41) is 17.9. The summed E-state index contributed by atoms with van der Waals surface area (Å²) < 4.78 is 0. The van der Waals surface area contributed by atoms with Crippen molar-refractivity contribution in [3.63, 3.8) is 0 Å². The van der Waals surface area contributed by atoms with Crippen LogP contribution in [0.25, 0.3) is 0 Å². The van der Waals surface area contributed by atoms with Gasteiger partial charge in [0.05, 0.1) is 6.61 Å². The lowest BCUT2D eigenvalue weighted by Gasteiger charge is -1.99. The highest BCUT2D eigenvalue weighted by molar-refractivity contribution is 6.31. The maximum atomic E-state index is 8.89. The maximum Gasteiger partial charge on any atom is 0.104 e. The minimum absolute atomic E-state index is 0.104. The molecule has 0 spiro atoms. The smallest absolute Gasteiger partial charge is 0.104 e. The quantitative estimate of drug-likeness (QED) is 0.663. The molecule has 0 aliphatic carbocycles. The standard InChI is InChI=1S/C10H9ClO2/c11-10-4-3-8(2-1-5-12)6-9(10)7-13/h3-4,6,12-13H,5,7H2. The van der Waals surface area contributed by atoms with E-state index in [4.69, 9.17) is 21.8 Å². The Morgan fingerprint density at radius 3 is 2.69 bits per heavy atom. The Morgan fingerprint density at radius 1 is 1.31 bits per heavy atom. The van der Waals surface area contributed by atoms with E-state index in [-0.39, 0.29) is 13.2 Å². The van der Waals surface area contributed by atoms with E-state index in [1.165, 1.54) is 0 Å². The van der Waals surface area contributed by atoms with Gasteiger partial charge in [-0.25, -0.2) is 0 Å². The molecular formula is C10H9ClO2. The zero-order chi connectivity index (χ0) is 9.68. The number of aliphatic hydroxyl groups excluding tert-OH is 2. The molecule has 0 aromatic heterocycles. The average molecular weight is 197 g/mol. The molecular weight excluding hydrogens is 188 g/mol. The fraction of sp³-hybridized carbons (Fsp3) is 0.200. The monoisotopic (exact) mass is 196 g/mol.